The molecule has 0 saturated carbocycles. The van der Waals surface area contributed by atoms with Crippen LogP contribution in [-0.2, 0) is 16.0 Å². The van der Waals surface area contributed by atoms with Gasteiger partial charge in [0.15, 0.2) is 0 Å². The van der Waals surface area contributed by atoms with E-state index in [4.69, 9.17) is 14.6 Å². The molecule has 0 amide bonds. The van der Waals surface area contributed by atoms with E-state index >= 15 is 0 Å². The molecule has 0 spiro atoms. The Morgan fingerprint density at radius 3 is 2.78 bits per heavy atom. The molecule has 98 valence electrons. The van der Waals surface area contributed by atoms with Gasteiger partial charge in [0.1, 0.15) is 11.9 Å². The number of carboxylic acids is 1. The number of ether oxygens (including phenoxy) is 2. The lowest BCUT2D eigenvalue weighted by Gasteiger charge is -2.24. The minimum absolute atomic E-state index is 0.133. The maximum absolute atomic E-state index is 10.6. The summed E-state index contributed by atoms with van der Waals surface area (Å²) in [6.07, 6.45) is 2.62. The average molecular weight is 250 g/mol. The van der Waals surface area contributed by atoms with Gasteiger partial charge >= 0.3 is 5.97 Å². The van der Waals surface area contributed by atoms with E-state index in [0.29, 0.717) is 6.42 Å². The molecule has 1 fully saturated rings. The average Bonchev–Trinajstić information content (AvgIpc) is 2.39. The molecule has 0 bridgehead atoms. The lowest BCUT2D eigenvalue weighted by Crippen LogP contribution is -2.26. The van der Waals surface area contributed by atoms with Crippen molar-refractivity contribution in [3.05, 3.63) is 29.8 Å². The molecule has 2 rings (SSSR count). The molecule has 1 N–H and O–H groups in total. The summed E-state index contributed by atoms with van der Waals surface area (Å²) >= 11 is 0. The van der Waals surface area contributed by atoms with Gasteiger partial charge in [-0.05, 0) is 18.1 Å². The van der Waals surface area contributed by atoms with Crippen LogP contribution < -0.4 is 4.74 Å². The van der Waals surface area contributed by atoms with E-state index in [1.807, 2.05) is 24.3 Å². The van der Waals surface area contributed by atoms with Gasteiger partial charge in [-0.3, -0.25) is 4.79 Å². The van der Waals surface area contributed by atoms with Crippen molar-refractivity contribution < 1.29 is 19.4 Å². The molecule has 0 radical (unpaired) electrons. The van der Waals surface area contributed by atoms with Gasteiger partial charge in [0.05, 0.1) is 13.2 Å². The second kappa shape index (κ2) is 6.40. The summed E-state index contributed by atoms with van der Waals surface area (Å²) in [5.74, 6) is 0.0292. The molecule has 0 unspecified atom stereocenters. The van der Waals surface area contributed by atoms with Gasteiger partial charge < -0.3 is 14.6 Å². The van der Waals surface area contributed by atoms with Gasteiger partial charge in [0, 0.05) is 19.3 Å². The van der Waals surface area contributed by atoms with Crippen LogP contribution >= 0.6 is 0 Å². The third-order valence-corrected chi connectivity index (χ3v) is 3.04. The SMILES string of the molecule is O=C(O)CCc1ccccc1OC1CCOCC1. The number of carboxylic acid groups (broad SMARTS) is 1. The Balaban J connectivity index is 1.99. The molecule has 1 heterocycles. The first-order valence-corrected chi connectivity index (χ1v) is 6.30. The monoisotopic (exact) mass is 250 g/mol. The highest BCUT2D eigenvalue weighted by Gasteiger charge is 2.16. The van der Waals surface area contributed by atoms with Crippen molar-refractivity contribution in [3.8, 4) is 5.75 Å². The zero-order valence-electron chi connectivity index (χ0n) is 10.3. The fourth-order valence-corrected chi connectivity index (χ4v) is 2.04. The zero-order valence-corrected chi connectivity index (χ0v) is 10.3. The summed E-state index contributed by atoms with van der Waals surface area (Å²) < 4.78 is 11.2. The fraction of sp³-hybridized carbons (Fsp3) is 0.500. The quantitative estimate of drug-likeness (QED) is 0.871. The summed E-state index contributed by atoms with van der Waals surface area (Å²) in [7, 11) is 0. The summed E-state index contributed by atoms with van der Waals surface area (Å²) in [6, 6.07) is 7.66. The van der Waals surface area contributed by atoms with Gasteiger partial charge in [0.25, 0.3) is 0 Å². The first-order chi connectivity index (χ1) is 8.75. The smallest absolute Gasteiger partial charge is 0.303 e. The summed E-state index contributed by atoms with van der Waals surface area (Å²) in [6.45, 7) is 1.48. The normalized spacial score (nSPS) is 16.4. The number of para-hydroxylation sites is 1. The maximum Gasteiger partial charge on any atom is 0.303 e. The van der Waals surface area contributed by atoms with Crippen LogP contribution in [0.1, 0.15) is 24.8 Å². The minimum atomic E-state index is -0.782. The Morgan fingerprint density at radius 1 is 1.33 bits per heavy atom. The van der Waals surface area contributed by atoms with E-state index in [0.717, 1.165) is 37.4 Å². The fourth-order valence-electron chi connectivity index (χ4n) is 2.04. The molecular formula is C14H18O4. The summed E-state index contributed by atoms with van der Waals surface area (Å²) in [5, 5.41) is 8.73. The molecular weight excluding hydrogens is 232 g/mol. The van der Waals surface area contributed by atoms with E-state index in [-0.39, 0.29) is 12.5 Å². The lowest BCUT2D eigenvalue weighted by atomic mass is 10.1. The van der Waals surface area contributed by atoms with E-state index in [1.54, 1.807) is 0 Å². The Hall–Kier alpha value is -1.55. The Bertz CT molecular complexity index is 397. The predicted octanol–water partition coefficient (Wildman–Crippen LogP) is 2.26. The Kier molecular flexibility index (Phi) is 4.59. The van der Waals surface area contributed by atoms with Crippen molar-refractivity contribution in [2.45, 2.75) is 31.8 Å². The highest BCUT2D eigenvalue weighted by molar-refractivity contribution is 5.67. The molecule has 0 atom stereocenters. The number of aryl methyl sites for hydroxylation is 1. The first kappa shape index (κ1) is 12.9. The van der Waals surface area contributed by atoms with Crippen LogP contribution in [0.4, 0.5) is 0 Å². The molecule has 4 nitrogen and oxygen atoms in total. The number of hydrogen-bond acceptors (Lipinski definition) is 3. The van der Waals surface area contributed by atoms with E-state index in [2.05, 4.69) is 0 Å². The number of carbonyl (C=O) groups is 1. The molecule has 18 heavy (non-hydrogen) atoms. The molecule has 0 aliphatic carbocycles. The van der Waals surface area contributed by atoms with Crippen molar-refractivity contribution >= 4 is 5.97 Å². The highest BCUT2D eigenvalue weighted by atomic mass is 16.5. The molecule has 0 aromatic heterocycles. The summed E-state index contributed by atoms with van der Waals surface area (Å²) in [4.78, 5) is 10.6. The third-order valence-electron chi connectivity index (χ3n) is 3.04. The van der Waals surface area contributed by atoms with Crippen molar-refractivity contribution in [2.75, 3.05) is 13.2 Å². The number of aliphatic carboxylic acids is 1. The first-order valence-electron chi connectivity index (χ1n) is 6.30. The molecule has 1 aliphatic rings. The largest absolute Gasteiger partial charge is 0.490 e. The van der Waals surface area contributed by atoms with Crippen molar-refractivity contribution in [2.24, 2.45) is 0 Å². The Morgan fingerprint density at radius 2 is 2.06 bits per heavy atom. The molecule has 1 aliphatic heterocycles. The maximum atomic E-state index is 10.6. The molecule has 1 saturated heterocycles. The second-order valence-corrected chi connectivity index (χ2v) is 4.43. The van der Waals surface area contributed by atoms with Gasteiger partial charge in [-0.2, -0.15) is 0 Å². The van der Waals surface area contributed by atoms with Crippen molar-refractivity contribution in [1.82, 2.24) is 0 Å². The van der Waals surface area contributed by atoms with Gasteiger partial charge in [-0.1, -0.05) is 18.2 Å². The van der Waals surface area contributed by atoms with E-state index in [1.165, 1.54) is 0 Å². The highest BCUT2D eigenvalue weighted by Crippen LogP contribution is 2.23. The number of hydrogen-bond donors (Lipinski definition) is 1. The van der Waals surface area contributed by atoms with E-state index in [9.17, 15) is 4.79 Å². The van der Waals surface area contributed by atoms with E-state index < -0.39 is 5.97 Å². The lowest BCUT2D eigenvalue weighted by molar-refractivity contribution is -0.136. The van der Waals surface area contributed by atoms with Crippen LogP contribution in [0.3, 0.4) is 0 Å². The minimum Gasteiger partial charge on any atom is -0.490 e. The topological polar surface area (TPSA) is 55.8 Å². The van der Waals surface area contributed by atoms with Gasteiger partial charge in [-0.25, -0.2) is 0 Å². The molecule has 1 aromatic rings. The number of benzene rings is 1. The third kappa shape index (κ3) is 3.74. The van der Waals surface area contributed by atoms with Crippen LogP contribution in [0, 0.1) is 0 Å². The second-order valence-electron chi connectivity index (χ2n) is 4.43. The molecule has 1 aromatic carbocycles. The summed E-state index contributed by atoms with van der Waals surface area (Å²) in [5.41, 5.74) is 0.964. The predicted molar refractivity (Wildman–Crippen MR) is 66.9 cm³/mol. The van der Waals surface area contributed by atoms with Crippen LogP contribution in [0.15, 0.2) is 24.3 Å². The van der Waals surface area contributed by atoms with Gasteiger partial charge in [-0.15, -0.1) is 0 Å². The Labute approximate surface area is 107 Å². The van der Waals surface area contributed by atoms with Crippen molar-refractivity contribution in [3.63, 3.8) is 0 Å². The standard InChI is InChI=1S/C14H18O4/c15-14(16)6-5-11-3-1-2-4-13(11)18-12-7-9-17-10-8-12/h1-4,12H,5-10H2,(H,15,16). The zero-order chi connectivity index (χ0) is 12.8. The molecule has 4 heteroatoms. The number of rotatable bonds is 5. The van der Waals surface area contributed by atoms with Crippen molar-refractivity contribution in [1.29, 1.82) is 0 Å². The van der Waals surface area contributed by atoms with Crippen LogP contribution in [0.5, 0.6) is 5.75 Å². The van der Waals surface area contributed by atoms with Crippen LogP contribution in [0.2, 0.25) is 0 Å². The van der Waals surface area contributed by atoms with Crippen LogP contribution in [0.25, 0.3) is 0 Å². The van der Waals surface area contributed by atoms with Gasteiger partial charge in [0.2, 0.25) is 0 Å². The van der Waals surface area contributed by atoms with Crippen LogP contribution in [-0.4, -0.2) is 30.4 Å².